The molecule has 0 aliphatic carbocycles. The van der Waals surface area contributed by atoms with Gasteiger partial charge in [-0.3, -0.25) is 14.3 Å². The van der Waals surface area contributed by atoms with Gasteiger partial charge >= 0.3 is 0 Å². The molecule has 6 nitrogen and oxygen atoms in total. The smallest absolute Gasteiger partial charge is 0.0767 e. The summed E-state index contributed by atoms with van der Waals surface area (Å²) in [6, 6.07) is 4.21. The van der Waals surface area contributed by atoms with Crippen LogP contribution in [0, 0.1) is 13.8 Å². The highest BCUT2D eigenvalue weighted by Gasteiger charge is 2.12. The Balaban J connectivity index is 2.06. The summed E-state index contributed by atoms with van der Waals surface area (Å²) >= 11 is 0. The molecule has 0 fully saturated rings. The van der Waals surface area contributed by atoms with Crippen molar-refractivity contribution < 1.29 is 5.11 Å². The maximum absolute atomic E-state index is 9.08. The largest absolute Gasteiger partial charge is 0.396 e. The van der Waals surface area contributed by atoms with Gasteiger partial charge in [0, 0.05) is 51.7 Å². The average Bonchev–Trinajstić information content (AvgIpc) is 2.90. The molecule has 0 amide bonds. The van der Waals surface area contributed by atoms with E-state index in [2.05, 4.69) is 41.1 Å². The molecule has 2 aromatic heterocycles. The second-order valence-electron chi connectivity index (χ2n) is 5.59. The van der Waals surface area contributed by atoms with Crippen LogP contribution in [0.25, 0.3) is 0 Å². The Kier molecular flexibility index (Phi) is 5.14. The molecule has 0 aliphatic rings. The first-order chi connectivity index (χ1) is 9.99. The fourth-order valence-electron chi connectivity index (χ4n) is 2.39. The molecule has 0 saturated carbocycles. The van der Waals surface area contributed by atoms with Gasteiger partial charge in [-0.05, 0) is 32.4 Å². The van der Waals surface area contributed by atoms with Crippen molar-refractivity contribution in [3.63, 3.8) is 0 Å². The molecule has 1 N–H and O–H groups in total. The van der Waals surface area contributed by atoms with Crippen LogP contribution in [0.4, 0.5) is 0 Å². The first-order valence-corrected chi connectivity index (χ1v) is 7.32. The molecule has 0 spiro atoms. The second-order valence-corrected chi connectivity index (χ2v) is 5.59. The molecule has 0 aromatic carbocycles. The highest BCUT2D eigenvalue weighted by Crippen LogP contribution is 2.11. The van der Waals surface area contributed by atoms with E-state index in [9.17, 15) is 0 Å². The quantitative estimate of drug-likeness (QED) is 0.831. The van der Waals surface area contributed by atoms with E-state index in [1.165, 1.54) is 0 Å². The zero-order valence-corrected chi connectivity index (χ0v) is 13.4. The van der Waals surface area contributed by atoms with Gasteiger partial charge in [-0.1, -0.05) is 0 Å². The Hall–Kier alpha value is -1.66. The standard InChI is InChI=1S/C15H25N5O/c1-12-8-14(16-18(12)3)10-20(6-5-7-21)11-15-9-13(2)19(4)17-15/h8-9,21H,5-7,10-11H2,1-4H3. The third-order valence-corrected chi connectivity index (χ3v) is 3.73. The van der Waals surface area contributed by atoms with Crippen molar-refractivity contribution in [3.8, 4) is 0 Å². The molecule has 0 bridgehead atoms. The maximum Gasteiger partial charge on any atom is 0.0767 e. The second kappa shape index (κ2) is 6.87. The predicted octanol–water partition coefficient (Wildman–Crippen LogP) is 1.16. The highest BCUT2D eigenvalue weighted by atomic mass is 16.3. The Morgan fingerprint density at radius 3 is 1.81 bits per heavy atom. The number of hydrogen-bond donors (Lipinski definition) is 1. The van der Waals surface area contributed by atoms with E-state index in [1.54, 1.807) is 0 Å². The van der Waals surface area contributed by atoms with Crippen molar-refractivity contribution in [1.29, 1.82) is 0 Å². The molecule has 2 heterocycles. The number of hydrogen-bond acceptors (Lipinski definition) is 4. The summed E-state index contributed by atoms with van der Waals surface area (Å²) in [6.45, 7) is 6.70. The summed E-state index contributed by atoms with van der Waals surface area (Å²) in [5, 5.41) is 18.1. The number of aromatic nitrogens is 4. The van der Waals surface area contributed by atoms with E-state index in [-0.39, 0.29) is 6.61 Å². The van der Waals surface area contributed by atoms with Gasteiger partial charge in [0.25, 0.3) is 0 Å². The third-order valence-electron chi connectivity index (χ3n) is 3.73. The average molecular weight is 291 g/mol. The summed E-state index contributed by atoms with van der Waals surface area (Å²) in [5.41, 5.74) is 4.42. The zero-order chi connectivity index (χ0) is 15.4. The molecule has 0 atom stereocenters. The number of aryl methyl sites for hydroxylation is 4. The molecule has 6 heteroatoms. The molecule has 0 aliphatic heterocycles. The molecular weight excluding hydrogens is 266 g/mol. The summed E-state index contributed by atoms with van der Waals surface area (Å²) < 4.78 is 3.79. The van der Waals surface area contributed by atoms with Crippen LogP contribution < -0.4 is 0 Å². The Morgan fingerprint density at radius 2 is 1.48 bits per heavy atom. The molecule has 0 unspecified atom stereocenters. The van der Waals surface area contributed by atoms with Gasteiger partial charge in [0.2, 0.25) is 0 Å². The number of aliphatic hydroxyl groups is 1. The van der Waals surface area contributed by atoms with Gasteiger partial charge < -0.3 is 5.11 Å². The van der Waals surface area contributed by atoms with Crippen LogP contribution in [-0.2, 0) is 27.2 Å². The Morgan fingerprint density at radius 1 is 1.00 bits per heavy atom. The van der Waals surface area contributed by atoms with Crippen molar-refractivity contribution >= 4 is 0 Å². The minimum atomic E-state index is 0.207. The van der Waals surface area contributed by atoms with Crippen LogP contribution >= 0.6 is 0 Å². The van der Waals surface area contributed by atoms with Crippen LogP contribution in [0.5, 0.6) is 0 Å². The SMILES string of the molecule is Cc1cc(CN(CCCO)Cc2cc(C)n(C)n2)nn1C. The zero-order valence-electron chi connectivity index (χ0n) is 13.4. The normalized spacial score (nSPS) is 11.5. The summed E-state index contributed by atoms with van der Waals surface area (Å²) in [7, 11) is 3.91. The van der Waals surface area contributed by atoms with E-state index in [0.29, 0.717) is 0 Å². The minimum Gasteiger partial charge on any atom is -0.396 e. The first kappa shape index (κ1) is 15.7. The van der Waals surface area contributed by atoms with Crippen molar-refractivity contribution in [2.24, 2.45) is 14.1 Å². The van der Waals surface area contributed by atoms with Crippen LogP contribution in [0.2, 0.25) is 0 Å². The predicted molar refractivity (Wildman–Crippen MR) is 81.7 cm³/mol. The lowest BCUT2D eigenvalue weighted by atomic mass is 10.3. The van der Waals surface area contributed by atoms with Gasteiger partial charge in [0.15, 0.2) is 0 Å². The van der Waals surface area contributed by atoms with Crippen molar-refractivity contribution in [1.82, 2.24) is 24.5 Å². The Bertz CT molecular complexity index is 500. The number of rotatable bonds is 7. The van der Waals surface area contributed by atoms with Gasteiger partial charge in [-0.25, -0.2) is 0 Å². The van der Waals surface area contributed by atoms with Crippen molar-refractivity contribution in [3.05, 3.63) is 34.9 Å². The minimum absolute atomic E-state index is 0.207. The fraction of sp³-hybridized carbons (Fsp3) is 0.600. The molecule has 2 rings (SSSR count). The maximum atomic E-state index is 9.08. The van der Waals surface area contributed by atoms with Gasteiger partial charge in [0.05, 0.1) is 11.4 Å². The van der Waals surface area contributed by atoms with E-state index in [0.717, 1.165) is 48.8 Å². The first-order valence-electron chi connectivity index (χ1n) is 7.32. The summed E-state index contributed by atoms with van der Waals surface area (Å²) in [6.07, 6.45) is 0.762. The van der Waals surface area contributed by atoms with Crippen LogP contribution in [0.3, 0.4) is 0 Å². The number of aliphatic hydroxyl groups excluding tert-OH is 1. The van der Waals surface area contributed by atoms with Crippen molar-refractivity contribution in [2.75, 3.05) is 13.2 Å². The Labute approximate surface area is 126 Å². The van der Waals surface area contributed by atoms with E-state index >= 15 is 0 Å². The van der Waals surface area contributed by atoms with E-state index in [1.807, 2.05) is 23.5 Å². The van der Waals surface area contributed by atoms with Gasteiger partial charge in [-0.15, -0.1) is 0 Å². The number of nitrogens with zero attached hydrogens (tertiary/aromatic N) is 5. The lowest BCUT2D eigenvalue weighted by molar-refractivity contribution is 0.208. The molecule has 0 saturated heterocycles. The van der Waals surface area contributed by atoms with Crippen LogP contribution in [-0.4, -0.2) is 42.7 Å². The third kappa shape index (κ3) is 4.15. The lowest BCUT2D eigenvalue weighted by Crippen LogP contribution is -2.25. The van der Waals surface area contributed by atoms with Gasteiger partial charge in [0.1, 0.15) is 0 Å². The van der Waals surface area contributed by atoms with Crippen molar-refractivity contribution in [2.45, 2.75) is 33.4 Å². The molecule has 21 heavy (non-hydrogen) atoms. The fourth-order valence-corrected chi connectivity index (χ4v) is 2.39. The van der Waals surface area contributed by atoms with Gasteiger partial charge in [-0.2, -0.15) is 10.2 Å². The lowest BCUT2D eigenvalue weighted by Gasteiger charge is -2.19. The van der Waals surface area contributed by atoms with E-state index < -0.39 is 0 Å². The monoisotopic (exact) mass is 291 g/mol. The van der Waals surface area contributed by atoms with Crippen LogP contribution in [0.15, 0.2) is 12.1 Å². The summed E-state index contributed by atoms with van der Waals surface area (Å²) in [4.78, 5) is 2.28. The van der Waals surface area contributed by atoms with Crippen LogP contribution in [0.1, 0.15) is 29.2 Å². The highest BCUT2D eigenvalue weighted by molar-refractivity contribution is 5.10. The topological polar surface area (TPSA) is 59.1 Å². The molecular formula is C15H25N5O. The summed E-state index contributed by atoms with van der Waals surface area (Å²) in [5.74, 6) is 0. The molecule has 116 valence electrons. The molecule has 2 aromatic rings. The van der Waals surface area contributed by atoms with E-state index in [4.69, 9.17) is 5.11 Å². The molecule has 0 radical (unpaired) electrons.